The Labute approximate surface area is 124 Å². The molecule has 0 unspecified atom stereocenters. The number of ether oxygens (including phenoxy) is 1. The third-order valence-corrected chi connectivity index (χ3v) is 2.85. The Morgan fingerprint density at radius 3 is 2.43 bits per heavy atom. The number of amides is 2. The summed E-state index contributed by atoms with van der Waals surface area (Å²) in [6.45, 7) is 0.281. The Kier molecular flexibility index (Phi) is 5.98. The predicted molar refractivity (Wildman–Crippen MR) is 82.2 cm³/mol. The number of nitrogens with two attached hydrogens (primary N) is 1. The molecule has 0 radical (unpaired) electrons. The van der Waals surface area contributed by atoms with Crippen LogP contribution in [0.25, 0.3) is 0 Å². The van der Waals surface area contributed by atoms with Crippen LogP contribution in [-0.4, -0.2) is 63.0 Å². The quantitative estimate of drug-likeness (QED) is 0.734. The number of nitrogens with one attached hydrogen (secondary N) is 1. The minimum Gasteiger partial charge on any atom is -0.497 e. The van der Waals surface area contributed by atoms with E-state index in [9.17, 15) is 9.59 Å². The summed E-state index contributed by atoms with van der Waals surface area (Å²) in [6.07, 6.45) is 0. The van der Waals surface area contributed by atoms with Gasteiger partial charge in [-0.25, -0.2) is 0 Å². The van der Waals surface area contributed by atoms with Gasteiger partial charge >= 0.3 is 0 Å². The fourth-order valence-corrected chi connectivity index (χ4v) is 1.64. The third-order valence-electron chi connectivity index (χ3n) is 2.85. The van der Waals surface area contributed by atoms with E-state index in [0.29, 0.717) is 17.1 Å². The molecule has 116 valence electrons. The van der Waals surface area contributed by atoms with E-state index in [1.165, 1.54) is 4.90 Å². The van der Waals surface area contributed by atoms with Crippen molar-refractivity contribution in [2.75, 3.05) is 52.4 Å². The van der Waals surface area contributed by atoms with E-state index in [1.807, 2.05) is 0 Å². The summed E-state index contributed by atoms with van der Waals surface area (Å²) < 4.78 is 5.04. The van der Waals surface area contributed by atoms with Gasteiger partial charge in [0.25, 0.3) is 0 Å². The monoisotopic (exact) mass is 294 g/mol. The van der Waals surface area contributed by atoms with Crippen molar-refractivity contribution < 1.29 is 14.3 Å². The van der Waals surface area contributed by atoms with Gasteiger partial charge in [-0.1, -0.05) is 0 Å². The van der Waals surface area contributed by atoms with Crippen molar-refractivity contribution >= 4 is 23.2 Å². The molecule has 1 aromatic carbocycles. The van der Waals surface area contributed by atoms with Gasteiger partial charge in [-0.3, -0.25) is 14.5 Å². The molecule has 7 heteroatoms. The Hall–Kier alpha value is -2.28. The molecule has 7 nitrogen and oxygen atoms in total. The van der Waals surface area contributed by atoms with Crippen molar-refractivity contribution in [3.8, 4) is 5.75 Å². The maximum absolute atomic E-state index is 11.9. The SMILES string of the molecule is COc1ccc(NC(=O)CN(C)CC(=O)N(C)C)c(N)c1. The molecule has 0 aliphatic rings. The zero-order valence-electron chi connectivity index (χ0n) is 12.8. The van der Waals surface area contributed by atoms with Crippen LogP contribution in [0, 0.1) is 0 Å². The molecule has 0 saturated heterocycles. The van der Waals surface area contributed by atoms with Gasteiger partial charge in [0.05, 0.1) is 31.6 Å². The fraction of sp³-hybridized carbons (Fsp3) is 0.429. The second-order valence-electron chi connectivity index (χ2n) is 4.96. The number of nitrogens with zero attached hydrogens (tertiary/aromatic N) is 2. The maximum Gasteiger partial charge on any atom is 0.238 e. The summed E-state index contributed by atoms with van der Waals surface area (Å²) in [5, 5.41) is 2.71. The van der Waals surface area contributed by atoms with Crippen LogP contribution in [0.1, 0.15) is 0 Å². The topological polar surface area (TPSA) is 87.9 Å². The third kappa shape index (κ3) is 5.31. The van der Waals surface area contributed by atoms with Crippen LogP contribution in [0.4, 0.5) is 11.4 Å². The number of hydrogen-bond acceptors (Lipinski definition) is 5. The number of anilines is 2. The van der Waals surface area contributed by atoms with Gasteiger partial charge in [0.2, 0.25) is 11.8 Å². The summed E-state index contributed by atoms with van der Waals surface area (Å²) in [6, 6.07) is 5.02. The standard InChI is InChI=1S/C14H22N4O3/c1-17(2)14(20)9-18(3)8-13(19)16-12-6-5-10(21-4)7-11(12)15/h5-7H,8-9,15H2,1-4H3,(H,16,19). The smallest absolute Gasteiger partial charge is 0.238 e. The molecule has 0 heterocycles. The van der Waals surface area contributed by atoms with E-state index in [2.05, 4.69) is 5.32 Å². The maximum atomic E-state index is 11.9. The molecule has 1 aromatic rings. The zero-order valence-corrected chi connectivity index (χ0v) is 12.8. The predicted octanol–water partition coefficient (Wildman–Crippen LogP) is 0.236. The molecule has 3 N–H and O–H groups in total. The number of rotatable bonds is 6. The van der Waals surface area contributed by atoms with Gasteiger partial charge in [-0.2, -0.15) is 0 Å². The summed E-state index contributed by atoms with van der Waals surface area (Å²) in [5.74, 6) is 0.328. The van der Waals surface area contributed by atoms with E-state index in [1.54, 1.807) is 51.4 Å². The lowest BCUT2D eigenvalue weighted by molar-refractivity contribution is -0.130. The summed E-state index contributed by atoms with van der Waals surface area (Å²) in [5.41, 5.74) is 6.77. The first-order valence-corrected chi connectivity index (χ1v) is 6.45. The number of nitrogen functional groups attached to an aromatic ring is 1. The zero-order chi connectivity index (χ0) is 16.0. The van der Waals surface area contributed by atoms with Gasteiger partial charge in [0.1, 0.15) is 5.75 Å². The molecular weight excluding hydrogens is 272 g/mol. The lowest BCUT2D eigenvalue weighted by Gasteiger charge is -2.18. The van der Waals surface area contributed by atoms with E-state index < -0.39 is 0 Å². The Morgan fingerprint density at radius 2 is 1.90 bits per heavy atom. The molecule has 0 atom stereocenters. The highest BCUT2D eigenvalue weighted by Crippen LogP contribution is 2.23. The van der Waals surface area contributed by atoms with Crippen LogP contribution < -0.4 is 15.8 Å². The van der Waals surface area contributed by atoms with E-state index in [-0.39, 0.29) is 24.9 Å². The second kappa shape index (κ2) is 7.49. The summed E-state index contributed by atoms with van der Waals surface area (Å²) in [4.78, 5) is 26.6. The van der Waals surface area contributed by atoms with Crippen LogP contribution in [0.3, 0.4) is 0 Å². The molecule has 0 saturated carbocycles. The van der Waals surface area contributed by atoms with E-state index in [4.69, 9.17) is 10.5 Å². The molecule has 2 amide bonds. The van der Waals surface area contributed by atoms with E-state index in [0.717, 1.165) is 0 Å². The molecule has 0 aromatic heterocycles. The molecular formula is C14H22N4O3. The van der Waals surface area contributed by atoms with Crippen molar-refractivity contribution in [3.05, 3.63) is 18.2 Å². The second-order valence-corrected chi connectivity index (χ2v) is 4.96. The average molecular weight is 294 g/mol. The highest BCUT2D eigenvalue weighted by Gasteiger charge is 2.13. The van der Waals surface area contributed by atoms with Crippen LogP contribution in [0.15, 0.2) is 18.2 Å². The highest BCUT2D eigenvalue weighted by atomic mass is 16.5. The minimum atomic E-state index is -0.235. The first-order valence-electron chi connectivity index (χ1n) is 6.45. The molecule has 0 aliphatic carbocycles. The lowest BCUT2D eigenvalue weighted by Crippen LogP contribution is -2.38. The number of carbonyl (C=O) groups is 2. The molecule has 0 fully saturated rings. The molecule has 0 spiro atoms. The first kappa shape index (κ1) is 16.8. The van der Waals surface area contributed by atoms with Crippen LogP contribution in [0.2, 0.25) is 0 Å². The summed E-state index contributed by atoms with van der Waals surface area (Å²) in [7, 11) is 6.60. The Bertz CT molecular complexity index is 517. The largest absolute Gasteiger partial charge is 0.497 e. The highest BCUT2D eigenvalue weighted by molar-refractivity contribution is 5.95. The minimum absolute atomic E-state index is 0.0609. The van der Waals surface area contributed by atoms with Crippen LogP contribution in [0.5, 0.6) is 5.75 Å². The van der Waals surface area contributed by atoms with Gasteiger partial charge < -0.3 is 20.7 Å². The molecule has 0 aliphatic heterocycles. The molecule has 0 bridgehead atoms. The molecule has 1 rings (SSSR count). The Morgan fingerprint density at radius 1 is 1.24 bits per heavy atom. The number of likely N-dealkylation sites (N-methyl/N-ethyl adjacent to an activating group) is 2. The Balaban J connectivity index is 2.55. The first-order chi connectivity index (χ1) is 9.83. The van der Waals surface area contributed by atoms with Gasteiger partial charge in [-0.05, 0) is 19.2 Å². The van der Waals surface area contributed by atoms with Crippen LogP contribution in [-0.2, 0) is 9.59 Å². The fourth-order valence-electron chi connectivity index (χ4n) is 1.64. The van der Waals surface area contributed by atoms with Crippen molar-refractivity contribution in [3.63, 3.8) is 0 Å². The van der Waals surface area contributed by atoms with Crippen LogP contribution >= 0.6 is 0 Å². The molecule has 21 heavy (non-hydrogen) atoms. The number of methoxy groups -OCH3 is 1. The number of benzene rings is 1. The lowest BCUT2D eigenvalue weighted by atomic mass is 10.2. The van der Waals surface area contributed by atoms with Gasteiger partial charge in [0.15, 0.2) is 0 Å². The average Bonchev–Trinajstić information content (AvgIpc) is 2.40. The van der Waals surface area contributed by atoms with Crippen molar-refractivity contribution in [1.29, 1.82) is 0 Å². The number of hydrogen-bond donors (Lipinski definition) is 2. The van der Waals surface area contributed by atoms with Crippen molar-refractivity contribution in [2.24, 2.45) is 0 Å². The summed E-state index contributed by atoms with van der Waals surface area (Å²) >= 11 is 0. The van der Waals surface area contributed by atoms with Crippen molar-refractivity contribution in [1.82, 2.24) is 9.80 Å². The normalized spacial score (nSPS) is 10.3. The van der Waals surface area contributed by atoms with Crippen molar-refractivity contribution in [2.45, 2.75) is 0 Å². The van der Waals surface area contributed by atoms with E-state index >= 15 is 0 Å². The number of carbonyl (C=O) groups excluding carboxylic acids is 2. The van der Waals surface area contributed by atoms with Gasteiger partial charge in [0, 0.05) is 20.2 Å². The van der Waals surface area contributed by atoms with Gasteiger partial charge in [-0.15, -0.1) is 0 Å².